The van der Waals surface area contributed by atoms with Crippen LogP contribution in [0, 0.1) is 0 Å². The molecule has 3 aromatic carbocycles. The van der Waals surface area contributed by atoms with Crippen molar-refractivity contribution in [1.82, 2.24) is 15.2 Å². The average Bonchev–Trinajstić information content (AvgIpc) is 3.18. The first-order valence-electron chi connectivity index (χ1n) is 10.6. The van der Waals surface area contributed by atoms with Crippen LogP contribution in [0.2, 0.25) is 0 Å². The molecule has 166 valence electrons. The summed E-state index contributed by atoms with van der Waals surface area (Å²) in [4.78, 5) is 26.2. The molecule has 0 aliphatic heterocycles. The molecule has 0 saturated heterocycles. The third-order valence-corrected chi connectivity index (χ3v) is 5.37. The number of hydrogen-bond acceptors (Lipinski definition) is 3. The first kappa shape index (κ1) is 21.9. The van der Waals surface area contributed by atoms with Crippen molar-refractivity contribution in [1.29, 1.82) is 0 Å². The fraction of sp³-hybridized carbons (Fsp3) is 0.111. The lowest BCUT2D eigenvalue weighted by Crippen LogP contribution is -2.34. The maximum absolute atomic E-state index is 13.2. The highest BCUT2D eigenvalue weighted by Gasteiger charge is 2.18. The number of methoxy groups -OCH3 is 1. The number of amides is 2. The van der Waals surface area contributed by atoms with E-state index in [9.17, 15) is 9.59 Å². The molecule has 4 aromatic rings. The molecule has 1 heterocycles. The molecule has 0 spiro atoms. The zero-order chi connectivity index (χ0) is 23.2. The number of ether oxygens (including phenoxy) is 1. The van der Waals surface area contributed by atoms with Gasteiger partial charge in [-0.15, -0.1) is 0 Å². The maximum Gasteiger partial charge on any atom is 0.268 e. The van der Waals surface area contributed by atoms with Crippen molar-refractivity contribution in [2.24, 2.45) is 7.05 Å². The lowest BCUT2D eigenvalue weighted by molar-refractivity contribution is -0.117. The van der Waals surface area contributed by atoms with Crippen molar-refractivity contribution in [3.8, 4) is 5.75 Å². The summed E-state index contributed by atoms with van der Waals surface area (Å²) in [6.45, 7) is 0.344. The lowest BCUT2D eigenvalue weighted by atomic mass is 10.1. The van der Waals surface area contributed by atoms with E-state index in [0.29, 0.717) is 17.9 Å². The third-order valence-electron chi connectivity index (χ3n) is 5.37. The minimum Gasteiger partial charge on any atom is -0.496 e. The van der Waals surface area contributed by atoms with Gasteiger partial charge in [0.25, 0.3) is 11.8 Å². The molecule has 0 unspecified atom stereocenters. The molecule has 4 rings (SSSR count). The Kier molecular flexibility index (Phi) is 6.55. The van der Waals surface area contributed by atoms with E-state index in [0.717, 1.165) is 22.0 Å². The molecule has 1 aromatic heterocycles. The SMILES string of the molecule is COc1ccccc1C(=O)NC(=Cc1cn(C)c2ccccc12)C(=O)NCc1ccccc1. The van der Waals surface area contributed by atoms with Gasteiger partial charge in [-0.2, -0.15) is 0 Å². The number of rotatable bonds is 7. The fourth-order valence-corrected chi connectivity index (χ4v) is 3.70. The van der Waals surface area contributed by atoms with Crippen LogP contribution >= 0.6 is 0 Å². The second-order valence-corrected chi connectivity index (χ2v) is 7.59. The number of para-hydroxylation sites is 2. The summed E-state index contributed by atoms with van der Waals surface area (Å²) in [5.74, 6) is -0.368. The molecule has 0 atom stereocenters. The molecule has 0 aliphatic rings. The number of nitrogens with zero attached hydrogens (tertiary/aromatic N) is 1. The Balaban J connectivity index is 1.67. The van der Waals surface area contributed by atoms with Crippen LogP contribution in [0.1, 0.15) is 21.5 Å². The van der Waals surface area contributed by atoms with Gasteiger partial charge in [-0.1, -0.05) is 60.7 Å². The molecular formula is C27H25N3O3. The van der Waals surface area contributed by atoms with E-state index in [1.165, 1.54) is 7.11 Å². The van der Waals surface area contributed by atoms with E-state index < -0.39 is 5.91 Å². The molecule has 2 amide bonds. The zero-order valence-electron chi connectivity index (χ0n) is 18.5. The first-order chi connectivity index (χ1) is 16.1. The Hall–Kier alpha value is -4.32. The molecular weight excluding hydrogens is 414 g/mol. The van der Waals surface area contributed by atoms with Crippen LogP contribution < -0.4 is 15.4 Å². The largest absolute Gasteiger partial charge is 0.496 e. The number of hydrogen-bond donors (Lipinski definition) is 2. The van der Waals surface area contributed by atoms with Gasteiger partial charge in [-0.25, -0.2) is 0 Å². The quantitative estimate of drug-likeness (QED) is 0.423. The van der Waals surface area contributed by atoms with Crippen molar-refractivity contribution in [3.63, 3.8) is 0 Å². The third kappa shape index (κ3) is 4.96. The predicted octanol–water partition coefficient (Wildman–Crippen LogP) is 4.27. The summed E-state index contributed by atoms with van der Waals surface area (Å²) in [5, 5.41) is 6.67. The van der Waals surface area contributed by atoms with Gasteiger partial charge >= 0.3 is 0 Å². The first-order valence-corrected chi connectivity index (χ1v) is 10.6. The van der Waals surface area contributed by atoms with Crippen LogP contribution in [0.4, 0.5) is 0 Å². The molecule has 0 radical (unpaired) electrons. The van der Waals surface area contributed by atoms with E-state index >= 15 is 0 Å². The maximum atomic E-state index is 13.2. The van der Waals surface area contributed by atoms with Gasteiger partial charge < -0.3 is 19.9 Å². The highest BCUT2D eigenvalue weighted by Crippen LogP contribution is 2.23. The number of benzene rings is 3. The summed E-state index contributed by atoms with van der Waals surface area (Å²) in [6.07, 6.45) is 3.64. The summed E-state index contributed by atoms with van der Waals surface area (Å²) < 4.78 is 7.30. The topological polar surface area (TPSA) is 72.4 Å². The fourth-order valence-electron chi connectivity index (χ4n) is 3.70. The molecule has 33 heavy (non-hydrogen) atoms. The molecule has 0 aliphatic carbocycles. The van der Waals surface area contributed by atoms with Gasteiger partial charge in [0, 0.05) is 36.3 Å². The number of nitrogens with one attached hydrogen (secondary N) is 2. The Morgan fingerprint density at radius 3 is 2.42 bits per heavy atom. The van der Waals surface area contributed by atoms with Gasteiger partial charge in [-0.3, -0.25) is 9.59 Å². The van der Waals surface area contributed by atoms with Crippen molar-refractivity contribution in [3.05, 3.63) is 107 Å². The van der Waals surface area contributed by atoms with Crippen molar-refractivity contribution < 1.29 is 14.3 Å². The summed E-state index contributed by atoms with van der Waals surface area (Å²) in [7, 11) is 3.45. The van der Waals surface area contributed by atoms with Crippen molar-refractivity contribution in [2.75, 3.05) is 7.11 Å². The standard InChI is InChI=1S/C27H25N3O3/c1-30-18-20(21-12-6-8-14-24(21)30)16-23(27(32)28-17-19-10-4-3-5-11-19)29-26(31)22-13-7-9-15-25(22)33-2/h3-16,18H,17H2,1-2H3,(H,28,32)(H,29,31). The van der Waals surface area contributed by atoms with Crippen LogP contribution in [-0.2, 0) is 18.4 Å². The van der Waals surface area contributed by atoms with Crippen molar-refractivity contribution in [2.45, 2.75) is 6.54 Å². The van der Waals surface area contributed by atoms with Crippen LogP contribution in [0.5, 0.6) is 5.75 Å². The minimum atomic E-state index is -0.422. The Morgan fingerprint density at radius 1 is 0.939 bits per heavy atom. The number of carbonyl (C=O) groups is 2. The molecule has 0 bridgehead atoms. The van der Waals surface area contributed by atoms with E-state index in [1.54, 1.807) is 30.3 Å². The molecule has 2 N–H and O–H groups in total. The normalized spacial score (nSPS) is 11.3. The molecule has 6 nitrogen and oxygen atoms in total. The second-order valence-electron chi connectivity index (χ2n) is 7.59. The summed E-state index contributed by atoms with van der Waals surface area (Å²) in [5.41, 5.74) is 3.33. The van der Waals surface area contributed by atoms with Crippen LogP contribution in [0.15, 0.2) is 90.8 Å². The molecule has 0 fully saturated rings. The second kappa shape index (κ2) is 9.87. The van der Waals surface area contributed by atoms with Crippen LogP contribution in [0.25, 0.3) is 17.0 Å². The van der Waals surface area contributed by atoms with Gasteiger partial charge in [0.1, 0.15) is 11.4 Å². The predicted molar refractivity (Wildman–Crippen MR) is 130 cm³/mol. The van der Waals surface area contributed by atoms with E-state index in [4.69, 9.17) is 4.74 Å². The number of aryl methyl sites for hydroxylation is 1. The monoisotopic (exact) mass is 439 g/mol. The highest BCUT2D eigenvalue weighted by atomic mass is 16.5. The Bertz CT molecular complexity index is 1320. The Labute approximate surface area is 192 Å². The number of fused-ring (bicyclic) bond motifs is 1. The van der Waals surface area contributed by atoms with Crippen molar-refractivity contribution >= 4 is 28.8 Å². The van der Waals surface area contributed by atoms with Gasteiger partial charge in [0.2, 0.25) is 0 Å². The Morgan fingerprint density at radius 2 is 1.64 bits per heavy atom. The lowest BCUT2D eigenvalue weighted by Gasteiger charge is -2.13. The zero-order valence-corrected chi connectivity index (χ0v) is 18.5. The van der Waals surface area contributed by atoms with E-state index in [-0.39, 0.29) is 11.6 Å². The van der Waals surface area contributed by atoms with Gasteiger partial charge in [0.05, 0.1) is 12.7 Å². The van der Waals surface area contributed by atoms with E-state index in [1.807, 2.05) is 72.4 Å². The average molecular weight is 440 g/mol. The van der Waals surface area contributed by atoms with Crippen LogP contribution in [-0.4, -0.2) is 23.5 Å². The van der Waals surface area contributed by atoms with Gasteiger partial charge in [-0.05, 0) is 29.8 Å². The minimum absolute atomic E-state index is 0.151. The molecule has 6 heteroatoms. The van der Waals surface area contributed by atoms with E-state index in [2.05, 4.69) is 10.6 Å². The smallest absolute Gasteiger partial charge is 0.268 e. The number of aromatic nitrogens is 1. The van der Waals surface area contributed by atoms with Crippen LogP contribution in [0.3, 0.4) is 0 Å². The molecule has 0 saturated carbocycles. The number of carbonyl (C=O) groups excluding carboxylic acids is 2. The van der Waals surface area contributed by atoms with Gasteiger partial charge in [0.15, 0.2) is 0 Å². The summed E-state index contributed by atoms with van der Waals surface area (Å²) in [6, 6.07) is 24.4. The summed E-state index contributed by atoms with van der Waals surface area (Å²) >= 11 is 0. The highest BCUT2D eigenvalue weighted by molar-refractivity contribution is 6.07.